The van der Waals surface area contributed by atoms with Gasteiger partial charge in [-0.05, 0) is 54.8 Å². The lowest BCUT2D eigenvalue weighted by molar-refractivity contribution is 0.405. The molecule has 1 nitrogen and oxygen atoms in total. The molecular formula is C13H16BrNS. The lowest BCUT2D eigenvalue weighted by atomic mass is 9.87. The van der Waals surface area contributed by atoms with Crippen molar-refractivity contribution in [3.63, 3.8) is 0 Å². The van der Waals surface area contributed by atoms with E-state index in [1.54, 1.807) is 0 Å². The molecule has 1 fully saturated rings. The first-order valence-corrected chi connectivity index (χ1v) is 7.72. The smallest absolute Gasteiger partial charge is 0.0689 e. The summed E-state index contributed by atoms with van der Waals surface area (Å²) in [6, 6.07) is 6.75. The summed E-state index contributed by atoms with van der Waals surface area (Å²) in [5, 5.41) is 3.74. The fourth-order valence-corrected chi connectivity index (χ4v) is 4.51. The molecule has 1 spiro atoms. The van der Waals surface area contributed by atoms with Crippen molar-refractivity contribution in [3.8, 4) is 0 Å². The Labute approximate surface area is 110 Å². The van der Waals surface area contributed by atoms with Crippen LogP contribution in [0.1, 0.15) is 24.0 Å². The molecule has 1 atom stereocenters. The van der Waals surface area contributed by atoms with Gasteiger partial charge in [0.1, 0.15) is 0 Å². The Morgan fingerprint density at radius 3 is 3.06 bits per heavy atom. The molecule has 0 amide bonds. The van der Waals surface area contributed by atoms with Crippen LogP contribution in [-0.4, -0.2) is 17.2 Å². The van der Waals surface area contributed by atoms with E-state index in [0.717, 1.165) is 0 Å². The minimum atomic E-state index is 0.346. The molecule has 0 aromatic heterocycles. The largest absolute Gasteiger partial charge is 0.302 e. The Hall–Kier alpha value is 0.01000. The maximum atomic E-state index is 3.74. The molecule has 0 radical (unpaired) electrons. The van der Waals surface area contributed by atoms with Gasteiger partial charge in [-0.3, -0.25) is 0 Å². The lowest BCUT2D eigenvalue weighted by Gasteiger charge is -2.41. The SMILES string of the molecule is Brc1ccc2c(c1)CCC1(C2)NCCCS1. The minimum Gasteiger partial charge on any atom is -0.302 e. The number of hydrogen-bond acceptors (Lipinski definition) is 2. The number of nitrogens with one attached hydrogen (secondary N) is 1. The highest BCUT2D eigenvalue weighted by molar-refractivity contribution is 9.10. The monoisotopic (exact) mass is 297 g/mol. The van der Waals surface area contributed by atoms with Crippen LogP contribution in [0.25, 0.3) is 0 Å². The van der Waals surface area contributed by atoms with E-state index < -0.39 is 0 Å². The zero-order valence-corrected chi connectivity index (χ0v) is 11.7. The Morgan fingerprint density at radius 1 is 1.31 bits per heavy atom. The van der Waals surface area contributed by atoms with Crippen LogP contribution in [0.4, 0.5) is 0 Å². The van der Waals surface area contributed by atoms with Crippen molar-refractivity contribution in [1.82, 2.24) is 5.32 Å². The van der Waals surface area contributed by atoms with Crippen LogP contribution in [0.2, 0.25) is 0 Å². The standard InChI is InChI=1S/C13H16BrNS/c14-12-3-2-11-9-13(5-4-10(11)8-12)15-6-1-7-16-13/h2-3,8,15H,1,4-7,9H2. The van der Waals surface area contributed by atoms with Gasteiger partial charge in [0.15, 0.2) is 0 Å². The van der Waals surface area contributed by atoms with Gasteiger partial charge in [-0.25, -0.2) is 0 Å². The zero-order chi connectivity index (χ0) is 11.0. The fourth-order valence-electron chi connectivity index (χ4n) is 2.71. The molecule has 1 N–H and O–H groups in total. The van der Waals surface area contributed by atoms with Gasteiger partial charge in [0, 0.05) is 10.9 Å². The highest BCUT2D eigenvalue weighted by Gasteiger charge is 2.35. The van der Waals surface area contributed by atoms with Crippen LogP contribution in [-0.2, 0) is 12.8 Å². The van der Waals surface area contributed by atoms with Crippen molar-refractivity contribution in [2.24, 2.45) is 0 Å². The average molecular weight is 298 g/mol. The molecule has 3 heteroatoms. The van der Waals surface area contributed by atoms with E-state index in [0.29, 0.717) is 4.87 Å². The van der Waals surface area contributed by atoms with E-state index in [9.17, 15) is 0 Å². The van der Waals surface area contributed by atoms with Crippen molar-refractivity contribution in [2.75, 3.05) is 12.3 Å². The van der Waals surface area contributed by atoms with Gasteiger partial charge in [-0.2, -0.15) is 0 Å². The van der Waals surface area contributed by atoms with Crippen LogP contribution in [0.3, 0.4) is 0 Å². The first-order valence-electron chi connectivity index (χ1n) is 5.94. The summed E-state index contributed by atoms with van der Waals surface area (Å²) in [6.45, 7) is 1.19. The molecule has 1 heterocycles. The Balaban J connectivity index is 1.88. The molecule has 1 unspecified atom stereocenters. The van der Waals surface area contributed by atoms with E-state index >= 15 is 0 Å². The van der Waals surface area contributed by atoms with Crippen molar-refractivity contribution in [2.45, 2.75) is 30.6 Å². The number of halogens is 1. The second-order valence-electron chi connectivity index (χ2n) is 4.71. The van der Waals surface area contributed by atoms with Gasteiger partial charge in [-0.15, -0.1) is 11.8 Å². The number of thioether (sulfide) groups is 1. The van der Waals surface area contributed by atoms with Gasteiger partial charge < -0.3 is 5.32 Å². The molecular weight excluding hydrogens is 282 g/mol. The van der Waals surface area contributed by atoms with E-state index in [4.69, 9.17) is 0 Å². The highest BCUT2D eigenvalue weighted by atomic mass is 79.9. The van der Waals surface area contributed by atoms with Gasteiger partial charge in [0.25, 0.3) is 0 Å². The molecule has 86 valence electrons. The Kier molecular flexibility index (Phi) is 3.03. The Bertz CT molecular complexity index is 399. The molecule has 0 bridgehead atoms. The van der Waals surface area contributed by atoms with Crippen LogP contribution < -0.4 is 5.32 Å². The summed E-state index contributed by atoms with van der Waals surface area (Å²) in [5.74, 6) is 1.32. The van der Waals surface area contributed by atoms with E-state index in [2.05, 4.69) is 51.2 Å². The topological polar surface area (TPSA) is 12.0 Å². The van der Waals surface area contributed by atoms with Gasteiger partial charge in [0.05, 0.1) is 4.87 Å². The second-order valence-corrected chi connectivity index (χ2v) is 7.11. The van der Waals surface area contributed by atoms with Crippen molar-refractivity contribution in [1.29, 1.82) is 0 Å². The summed E-state index contributed by atoms with van der Waals surface area (Å²) < 4.78 is 1.21. The Morgan fingerprint density at radius 2 is 2.25 bits per heavy atom. The third kappa shape index (κ3) is 2.05. The molecule has 2 aliphatic rings. The number of fused-ring (bicyclic) bond motifs is 1. The molecule has 1 aromatic carbocycles. The quantitative estimate of drug-likeness (QED) is 0.788. The van der Waals surface area contributed by atoms with Gasteiger partial charge in [0.2, 0.25) is 0 Å². The maximum absolute atomic E-state index is 3.74. The molecule has 16 heavy (non-hydrogen) atoms. The molecule has 1 aliphatic heterocycles. The van der Waals surface area contributed by atoms with Crippen molar-refractivity contribution < 1.29 is 0 Å². The zero-order valence-electron chi connectivity index (χ0n) is 9.26. The van der Waals surface area contributed by atoms with Crippen LogP contribution in [0.15, 0.2) is 22.7 Å². The van der Waals surface area contributed by atoms with Gasteiger partial charge >= 0.3 is 0 Å². The molecule has 3 rings (SSSR count). The fraction of sp³-hybridized carbons (Fsp3) is 0.538. The number of benzene rings is 1. The molecule has 1 aliphatic carbocycles. The summed E-state index contributed by atoms with van der Waals surface area (Å²) in [4.78, 5) is 0.346. The van der Waals surface area contributed by atoms with Gasteiger partial charge in [-0.1, -0.05) is 22.0 Å². The average Bonchev–Trinajstić information content (AvgIpc) is 2.31. The van der Waals surface area contributed by atoms with E-state index in [-0.39, 0.29) is 0 Å². The summed E-state index contributed by atoms with van der Waals surface area (Å²) in [6.07, 6.45) is 5.01. The molecule has 1 aromatic rings. The van der Waals surface area contributed by atoms with E-state index in [1.807, 2.05) is 0 Å². The maximum Gasteiger partial charge on any atom is 0.0689 e. The summed E-state index contributed by atoms with van der Waals surface area (Å²) in [7, 11) is 0. The minimum absolute atomic E-state index is 0.346. The first kappa shape index (κ1) is 11.1. The number of rotatable bonds is 0. The van der Waals surface area contributed by atoms with E-state index in [1.165, 1.54) is 53.6 Å². The number of aryl methyl sites for hydroxylation is 1. The third-order valence-corrected chi connectivity index (χ3v) is 5.62. The molecule has 0 saturated carbocycles. The second kappa shape index (κ2) is 4.35. The number of hydrogen-bond donors (Lipinski definition) is 1. The summed E-state index contributed by atoms with van der Waals surface area (Å²) in [5.41, 5.74) is 3.07. The highest BCUT2D eigenvalue weighted by Crippen LogP contribution is 2.39. The van der Waals surface area contributed by atoms with Crippen LogP contribution in [0.5, 0.6) is 0 Å². The summed E-state index contributed by atoms with van der Waals surface area (Å²) >= 11 is 5.69. The van der Waals surface area contributed by atoms with Crippen LogP contribution >= 0.6 is 27.7 Å². The lowest BCUT2D eigenvalue weighted by Crippen LogP contribution is -2.49. The van der Waals surface area contributed by atoms with Crippen LogP contribution in [0, 0.1) is 0 Å². The normalized spacial score (nSPS) is 29.1. The molecule has 1 saturated heterocycles. The predicted molar refractivity (Wildman–Crippen MR) is 74.0 cm³/mol. The van der Waals surface area contributed by atoms with Crippen molar-refractivity contribution in [3.05, 3.63) is 33.8 Å². The predicted octanol–water partition coefficient (Wildman–Crippen LogP) is 3.36. The van der Waals surface area contributed by atoms with Crippen molar-refractivity contribution >= 4 is 27.7 Å². The third-order valence-electron chi connectivity index (χ3n) is 3.59. The first-order chi connectivity index (χ1) is 7.77.